The van der Waals surface area contributed by atoms with Crippen LogP contribution in [0.1, 0.15) is 45.0 Å². The van der Waals surface area contributed by atoms with Gasteiger partial charge in [0, 0.05) is 5.69 Å². The molecule has 8 nitrogen and oxygen atoms in total. The largest absolute Gasteiger partial charge is 0.493 e. The van der Waals surface area contributed by atoms with E-state index < -0.39 is 29.2 Å². The van der Waals surface area contributed by atoms with E-state index in [4.69, 9.17) is 18.6 Å². The third-order valence-electron chi connectivity index (χ3n) is 6.35. The second-order valence-corrected chi connectivity index (χ2v) is 8.67. The lowest BCUT2D eigenvalue weighted by molar-refractivity contribution is 0.0526. The SMILES string of the molecule is C=CCOc1ccc(C2c3c(oc4ccc(F)cc4c3=O)C(=O)N2c2ccc(C(=O)OCC)cc2)cc1OC. The van der Waals surface area contributed by atoms with E-state index in [-0.39, 0.29) is 35.5 Å². The van der Waals surface area contributed by atoms with Gasteiger partial charge >= 0.3 is 5.97 Å². The molecule has 4 aromatic rings. The Bertz CT molecular complexity index is 1660. The maximum Gasteiger partial charge on any atom is 0.338 e. The van der Waals surface area contributed by atoms with Crippen LogP contribution in [-0.4, -0.2) is 32.2 Å². The number of halogens is 1. The van der Waals surface area contributed by atoms with Crippen molar-refractivity contribution in [3.8, 4) is 11.5 Å². The lowest BCUT2D eigenvalue weighted by atomic mass is 9.97. The van der Waals surface area contributed by atoms with Gasteiger partial charge in [-0.05, 0) is 67.1 Å². The molecule has 1 atom stereocenters. The summed E-state index contributed by atoms with van der Waals surface area (Å²) in [7, 11) is 1.48. The standard InChI is InChI=1S/C30H24FNO7/c1-4-14-38-23-12-8-18(15-24(23)36-3)26-25-27(33)21-16-19(31)9-13-22(21)39-28(25)29(34)32(26)20-10-6-17(7-11-20)30(35)37-5-2/h4,6-13,15-16,26H,1,5,14H2,2-3H3. The summed E-state index contributed by atoms with van der Waals surface area (Å²) in [5, 5.41) is 0.0176. The summed E-state index contributed by atoms with van der Waals surface area (Å²) < 4.78 is 36.2. The lowest BCUT2D eigenvalue weighted by Gasteiger charge is -2.26. The van der Waals surface area contributed by atoms with E-state index in [9.17, 15) is 18.8 Å². The van der Waals surface area contributed by atoms with Crippen molar-refractivity contribution >= 4 is 28.5 Å². The van der Waals surface area contributed by atoms with Crippen LogP contribution < -0.4 is 19.8 Å². The van der Waals surface area contributed by atoms with Crippen molar-refractivity contribution < 1.29 is 32.6 Å². The Morgan fingerprint density at radius 2 is 1.85 bits per heavy atom. The highest BCUT2D eigenvalue weighted by atomic mass is 19.1. The van der Waals surface area contributed by atoms with Crippen molar-refractivity contribution in [2.45, 2.75) is 13.0 Å². The fraction of sp³-hybridized carbons (Fsp3) is 0.167. The third kappa shape index (κ3) is 4.52. The number of hydrogen-bond acceptors (Lipinski definition) is 7. The Balaban J connectivity index is 1.70. The van der Waals surface area contributed by atoms with Crippen LogP contribution in [0, 0.1) is 5.82 Å². The molecule has 1 amide bonds. The number of hydrogen-bond donors (Lipinski definition) is 0. The summed E-state index contributed by atoms with van der Waals surface area (Å²) in [4.78, 5) is 41.1. The molecule has 5 rings (SSSR count). The number of nitrogens with zero attached hydrogens (tertiary/aromatic N) is 1. The van der Waals surface area contributed by atoms with Crippen LogP contribution in [-0.2, 0) is 4.74 Å². The van der Waals surface area contributed by atoms with Crippen LogP contribution >= 0.6 is 0 Å². The molecule has 1 aliphatic rings. The highest BCUT2D eigenvalue weighted by molar-refractivity contribution is 6.10. The monoisotopic (exact) mass is 529 g/mol. The zero-order chi connectivity index (χ0) is 27.7. The molecule has 2 heterocycles. The Morgan fingerprint density at radius 1 is 1.08 bits per heavy atom. The molecule has 198 valence electrons. The number of methoxy groups -OCH3 is 1. The number of esters is 1. The van der Waals surface area contributed by atoms with Crippen molar-refractivity contribution in [2.75, 3.05) is 25.2 Å². The van der Waals surface area contributed by atoms with Crippen molar-refractivity contribution in [3.63, 3.8) is 0 Å². The second kappa shape index (κ2) is 10.4. The maximum absolute atomic E-state index is 14.1. The van der Waals surface area contributed by atoms with Gasteiger partial charge in [-0.2, -0.15) is 0 Å². The predicted molar refractivity (Wildman–Crippen MR) is 142 cm³/mol. The van der Waals surface area contributed by atoms with Crippen LogP contribution in [0.3, 0.4) is 0 Å². The highest BCUT2D eigenvalue weighted by Gasteiger charge is 2.44. The Labute approximate surface area is 222 Å². The molecule has 39 heavy (non-hydrogen) atoms. The summed E-state index contributed by atoms with van der Waals surface area (Å²) in [5.41, 5.74) is 0.877. The number of amides is 1. The molecule has 0 aliphatic carbocycles. The minimum atomic E-state index is -0.938. The van der Waals surface area contributed by atoms with Crippen LogP contribution in [0.25, 0.3) is 11.0 Å². The maximum atomic E-state index is 14.1. The minimum Gasteiger partial charge on any atom is -0.493 e. The topological polar surface area (TPSA) is 95.3 Å². The van der Waals surface area contributed by atoms with Crippen molar-refractivity contribution in [1.29, 1.82) is 0 Å². The van der Waals surface area contributed by atoms with Gasteiger partial charge in [-0.25, -0.2) is 9.18 Å². The fourth-order valence-electron chi connectivity index (χ4n) is 4.62. The van der Waals surface area contributed by atoms with E-state index >= 15 is 0 Å². The van der Waals surface area contributed by atoms with Crippen LogP contribution in [0.5, 0.6) is 11.5 Å². The summed E-state index contributed by atoms with van der Waals surface area (Å²) in [6, 6.07) is 13.9. The molecule has 0 radical (unpaired) electrons. The first-order valence-electron chi connectivity index (χ1n) is 12.2. The first kappa shape index (κ1) is 25.7. The van der Waals surface area contributed by atoms with Crippen LogP contribution in [0.15, 0.2) is 82.5 Å². The van der Waals surface area contributed by atoms with E-state index in [2.05, 4.69) is 6.58 Å². The second-order valence-electron chi connectivity index (χ2n) is 8.67. The molecule has 1 aliphatic heterocycles. The van der Waals surface area contributed by atoms with Gasteiger partial charge in [0.25, 0.3) is 5.91 Å². The molecule has 0 N–H and O–H groups in total. The van der Waals surface area contributed by atoms with Gasteiger partial charge in [-0.3, -0.25) is 14.5 Å². The summed E-state index contributed by atoms with van der Waals surface area (Å²) in [6.07, 6.45) is 1.59. The Kier molecular flexibility index (Phi) is 6.89. The van der Waals surface area contributed by atoms with Gasteiger partial charge in [-0.15, -0.1) is 0 Å². The molecular formula is C30H24FNO7. The molecule has 9 heteroatoms. The summed E-state index contributed by atoms with van der Waals surface area (Å²) in [6.45, 7) is 5.82. The van der Waals surface area contributed by atoms with Gasteiger partial charge in [0.15, 0.2) is 16.9 Å². The van der Waals surface area contributed by atoms with E-state index in [1.165, 1.54) is 30.2 Å². The van der Waals surface area contributed by atoms with Gasteiger partial charge < -0.3 is 18.6 Å². The van der Waals surface area contributed by atoms with Crippen LogP contribution in [0.2, 0.25) is 0 Å². The number of rotatable bonds is 8. The molecule has 1 aromatic heterocycles. The molecule has 3 aromatic carbocycles. The molecular weight excluding hydrogens is 505 g/mol. The fourth-order valence-corrected chi connectivity index (χ4v) is 4.62. The number of carbonyl (C=O) groups is 2. The smallest absolute Gasteiger partial charge is 0.338 e. The molecule has 0 bridgehead atoms. The first-order chi connectivity index (χ1) is 18.9. The Hall–Kier alpha value is -4.92. The quantitative estimate of drug-likeness (QED) is 0.222. The zero-order valence-corrected chi connectivity index (χ0v) is 21.2. The molecule has 0 fully saturated rings. The van der Waals surface area contributed by atoms with Gasteiger partial charge in [0.2, 0.25) is 5.76 Å². The van der Waals surface area contributed by atoms with E-state index in [1.54, 1.807) is 43.3 Å². The molecule has 1 unspecified atom stereocenters. The third-order valence-corrected chi connectivity index (χ3v) is 6.35. The average Bonchev–Trinajstić information content (AvgIpc) is 3.24. The first-order valence-corrected chi connectivity index (χ1v) is 12.2. The average molecular weight is 530 g/mol. The number of carbonyl (C=O) groups excluding carboxylic acids is 2. The van der Waals surface area contributed by atoms with Crippen molar-refractivity contribution in [2.24, 2.45) is 0 Å². The zero-order valence-electron chi connectivity index (χ0n) is 21.2. The van der Waals surface area contributed by atoms with E-state index in [1.807, 2.05) is 0 Å². The molecule has 0 spiro atoms. The van der Waals surface area contributed by atoms with Crippen molar-refractivity contribution in [1.82, 2.24) is 0 Å². The van der Waals surface area contributed by atoms with Gasteiger partial charge in [-0.1, -0.05) is 18.7 Å². The van der Waals surface area contributed by atoms with E-state index in [0.29, 0.717) is 28.3 Å². The Morgan fingerprint density at radius 3 is 2.54 bits per heavy atom. The van der Waals surface area contributed by atoms with E-state index in [0.717, 1.165) is 12.1 Å². The number of ether oxygens (including phenoxy) is 3. The normalized spacial score (nSPS) is 14.3. The molecule has 0 saturated heterocycles. The lowest BCUT2D eigenvalue weighted by Crippen LogP contribution is -2.29. The number of fused-ring (bicyclic) bond motifs is 2. The van der Waals surface area contributed by atoms with Crippen LogP contribution in [0.4, 0.5) is 10.1 Å². The van der Waals surface area contributed by atoms with Gasteiger partial charge in [0.1, 0.15) is 18.0 Å². The van der Waals surface area contributed by atoms with Gasteiger partial charge in [0.05, 0.1) is 36.3 Å². The predicted octanol–water partition coefficient (Wildman–Crippen LogP) is 5.43. The molecule has 0 saturated carbocycles. The van der Waals surface area contributed by atoms with Crippen molar-refractivity contribution in [3.05, 3.63) is 112 Å². The summed E-state index contributed by atoms with van der Waals surface area (Å²) >= 11 is 0. The highest BCUT2D eigenvalue weighted by Crippen LogP contribution is 2.43. The minimum absolute atomic E-state index is 0.0176. The number of benzene rings is 3. The number of anilines is 1. The summed E-state index contributed by atoms with van der Waals surface area (Å²) in [5.74, 6) is -0.987.